The minimum Gasteiger partial charge on any atom is -0.466 e. The van der Waals surface area contributed by atoms with Crippen molar-refractivity contribution in [3.05, 3.63) is 12.2 Å². The Bertz CT molecular complexity index is 802. The summed E-state index contributed by atoms with van der Waals surface area (Å²) in [6.45, 7) is 4.85. The van der Waals surface area contributed by atoms with Gasteiger partial charge in [0.1, 0.15) is 0 Å². The van der Waals surface area contributed by atoms with Crippen molar-refractivity contribution in [2.45, 2.75) is 270 Å². The lowest BCUT2D eigenvalue weighted by molar-refractivity contribution is -0.143. The van der Waals surface area contributed by atoms with Crippen LogP contribution in [0.4, 0.5) is 0 Å². The van der Waals surface area contributed by atoms with Gasteiger partial charge in [-0.25, -0.2) is 0 Å². The van der Waals surface area contributed by atoms with Crippen molar-refractivity contribution in [1.82, 2.24) is 5.32 Å². The van der Waals surface area contributed by atoms with Crippen LogP contribution in [-0.4, -0.2) is 47.4 Å². The quantitative estimate of drug-likeness (QED) is 0.0326. The van der Waals surface area contributed by atoms with Gasteiger partial charge in [0, 0.05) is 12.8 Å². The topological polar surface area (TPSA) is 95.9 Å². The van der Waals surface area contributed by atoms with Crippen LogP contribution in [-0.2, 0) is 14.3 Å². The minimum atomic E-state index is -0.851. The van der Waals surface area contributed by atoms with Gasteiger partial charge in [0.2, 0.25) is 5.91 Å². The molecule has 0 saturated carbocycles. The number of aliphatic hydroxyl groups excluding tert-OH is 2. The molecule has 2 atom stereocenters. The van der Waals surface area contributed by atoms with Crippen LogP contribution < -0.4 is 5.32 Å². The summed E-state index contributed by atoms with van der Waals surface area (Å²) < 4.78 is 5.46. The first-order valence-electron chi connectivity index (χ1n) is 24.0. The molecule has 0 heterocycles. The summed E-state index contributed by atoms with van der Waals surface area (Å²) >= 11 is 0. The Morgan fingerprint density at radius 3 is 1.26 bits per heavy atom. The molecular weight excluding hydrogens is 671 g/mol. The third-order valence-electron chi connectivity index (χ3n) is 11.1. The third kappa shape index (κ3) is 40.3. The molecule has 0 saturated heterocycles. The zero-order valence-corrected chi connectivity index (χ0v) is 36.2. The number of nitrogens with one attached hydrogen (secondary N) is 1. The molecule has 0 aliphatic heterocycles. The van der Waals surface area contributed by atoms with Gasteiger partial charge in [-0.2, -0.15) is 0 Å². The molecule has 0 aromatic carbocycles. The van der Waals surface area contributed by atoms with Crippen LogP contribution in [0.2, 0.25) is 0 Å². The lowest BCUT2D eigenvalue weighted by Crippen LogP contribution is -2.45. The molecule has 0 radical (unpaired) electrons. The smallest absolute Gasteiger partial charge is 0.305 e. The maximum absolute atomic E-state index is 12.4. The molecule has 54 heavy (non-hydrogen) atoms. The van der Waals surface area contributed by atoms with E-state index >= 15 is 0 Å². The predicted octanol–water partition coefficient (Wildman–Crippen LogP) is 13.8. The third-order valence-corrected chi connectivity index (χ3v) is 11.1. The van der Waals surface area contributed by atoms with Gasteiger partial charge in [-0.05, 0) is 32.1 Å². The Morgan fingerprint density at radius 2 is 0.852 bits per heavy atom. The van der Waals surface area contributed by atoms with Gasteiger partial charge in [-0.1, -0.05) is 225 Å². The molecular formula is C48H93NO5. The van der Waals surface area contributed by atoms with E-state index in [4.69, 9.17) is 4.74 Å². The van der Waals surface area contributed by atoms with Gasteiger partial charge in [-0.3, -0.25) is 9.59 Å². The number of ether oxygens (including phenoxy) is 1. The van der Waals surface area contributed by atoms with Crippen molar-refractivity contribution in [2.24, 2.45) is 0 Å². The zero-order valence-electron chi connectivity index (χ0n) is 36.2. The van der Waals surface area contributed by atoms with Gasteiger partial charge >= 0.3 is 5.97 Å². The van der Waals surface area contributed by atoms with E-state index in [1.165, 1.54) is 173 Å². The number of aliphatic hydroxyl groups is 2. The summed E-state index contributed by atoms with van der Waals surface area (Å²) in [4.78, 5) is 24.4. The number of unbranched alkanes of at least 4 members (excludes halogenated alkanes) is 33. The number of rotatable bonds is 44. The lowest BCUT2D eigenvalue weighted by atomic mass is 10.0. The van der Waals surface area contributed by atoms with E-state index in [1.807, 2.05) is 6.08 Å². The number of esters is 1. The van der Waals surface area contributed by atoms with E-state index in [2.05, 4.69) is 19.2 Å². The Labute approximate surface area is 336 Å². The molecule has 0 rings (SSSR count). The first-order valence-corrected chi connectivity index (χ1v) is 24.0. The maximum Gasteiger partial charge on any atom is 0.305 e. The van der Waals surface area contributed by atoms with Crippen LogP contribution in [0.3, 0.4) is 0 Å². The van der Waals surface area contributed by atoms with Crippen molar-refractivity contribution in [2.75, 3.05) is 13.2 Å². The second-order valence-corrected chi connectivity index (χ2v) is 16.5. The molecule has 0 aliphatic rings. The largest absolute Gasteiger partial charge is 0.466 e. The van der Waals surface area contributed by atoms with Gasteiger partial charge in [0.15, 0.2) is 0 Å². The van der Waals surface area contributed by atoms with Crippen molar-refractivity contribution in [1.29, 1.82) is 0 Å². The minimum absolute atomic E-state index is 0.00850. The molecule has 0 bridgehead atoms. The SMILES string of the molecule is CCCCCCCCCC/C=C/C(O)C(CO)NC(=O)CCCCCCCCCCCCCCOC(=O)CCCCCCCCCCCCCCCCC. The van der Waals surface area contributed by atoms with E-state index in [1.54, 1.807) is 6.08 Å². The van der Waals surface area contributed by atoms with Crippen LogP contribution in [0.25, 0.3) is 0 Å². The van der Waals surface area contributed by atoms with E-state index in [0.717, 1.165) is 57.8 Å². The van der Waals surface area contributed by atoms with E-state index in [0.29, 0.717) is 19.4 Å². The molecule has 2 unspecified atom stereocenters. The number of hydrogen-bond acceptors (Lipinski definition) is 5. The highest BCUT2D eigenvalue weighted by Crippen LogP contribution is 2.16. The maximum atomic E-state index is 12.4. The number of allylic oxidation sites excluding steroid dienone is 1. The average Bonchev–Trinajstić information content (AvgIpc) is 3.17. The number of hydrogen-bond donors (Lipinski definition) is 3. The Kier molecular flexibility index (Phi) is 43.2. The summed E-state index contributed by atoms with van der Waals surface area (Å²) in [6, 6.07) is -0.636. The average molecular weight is 764 g/mol. The molecule has 0 spiro atoms. The summed E-state index contributed by atoms with van der Waals surface area (Å²) in [5.74, 6) is -0.0936. The second-order valence-electron chi connectivity index (χ2n) is 16.5. The van der Waals surface area contributed by atoms with Crippen LogP contribution >= 0.6 is 0 Å². The fraction of sp³-hybridized carbons (Fsp3) is 0.917. The number of amides is 1. The lowest BCUT2D eigenvalue weighted by Gasteiger charge is -2.20. The highest BCUT2D eigenvalue weighted by atomic mass is 16.5. The highest BCUT2D eigenvalue weighted by Gasteiger charge is 2.18. The Hall–Kier alpha value is -1.40. The second kappa shape index (κ2) is 44.3. The van der Waals surface area contributed by atoms with Gasteiger partial charge in [0.25, 0.3) is 0 Å². The molecule has 0 fully saturated rings. The predicted molar refractivity (Wildman–Crippen MR) is 232 cm³/mol. The monoisotopic (exact) mass is 764 g/mol. The number of carbonyl (C=O) groups is 2. The van der Waals surface area contributed by atoms with Crippen LogP contribution in [0.15, 0.2) is 12.2 Å². The highest BCUT2D eigenvalue weighted by molar-refractivity contribution is 5.76. The van der Waals surface area contributed by atoms with Gasteiger partial charge < -0.3 is 20.3 Å². The first-order chi connectivity index (χ1) is 26.5. The van der Waals surface area contributed by atoms with Crippen LogP contribution in [0.5, 0.6) is 0 Å². The summed E-state index contributed by atoms with van der Waals surface area (Å²) in [5.41, 5.74) is 0. The molecule has 6 nitrogen and oxygen atoms in total. The summed E-state index contributed by atoms with van der Waals surface area (Å²) in [6.07, 6.45) is 49.2. The zero-order chi connectivity index (χ0) is 39.4. The fourth-order valence-electron chi connectivity index (χ4n) is 7.34. The molecule has 6 heteroatoms. The molecule has 0 aromatic rings. The van der Waals surface area contributed by atoms with Crippen molar-refractivity contribution in [3.63, 3.8) is 0 Å². The molecule has 1 amide bonds. The fourth-order valence-corrected chi connectivity index (χ4v) is 7.34. The molecule has 0 aliphatic carbocycles. The van der Waals surface area contributed by atoms with E-state index in [-0.39, 0.29) is 18.5 Å². The van der Waals surface area contributed by atoms with Gasteiger partial charge in [0.05, 0.1) is 25.4 Å². The Balaban J connectivity index is 3.45. The van der Waals surface area contributed by atoms with Crippen molar-refractivity contribution in [3.8, 4) is 0 Å². The van der Waals surface area contributed by atoms with Crippen LogP contribution in [0.1, 0.15) is 258 Å². The summed E-state index contributed by atoms with van der Waals surface area (Å²) in [5, 5.41) is 22.9. The van der Waals surface area contributed by atoms with Crippen molar-refractivity contribution < 1.29 is 24.5 Å². The normalized spacial score (nSPS) is 12.7. The van der Waals surface area contributed by atoms with E-state index in [9.17, 15) is 19.8 Å². The Morgan fingerprint density at radius 1 is 0.500 bits per heavy atom. The van der Waals surface area contributed by atoms with E-state index < -0.39 is 12.1 Å². The van der Waals surface area contributed by atoms with Gasteiger partial charge in [-0.15, -0.1) is 0 Å². The molecule has 3 N–H and O–H groups in total. The van der Waals surface area contributed by atoms with Crippen molar-refractivity contribution >= 4 is 11.9 Å². The number of carbonyl (C=O) groups excluding carboxylic acids is 2. The van der Waals surface area contributed by atoms with Crippen LogP contribution in [0, 0.1) is 0 Å². The molecule has 320 valence electrons. The summed E-state index contributed by atoms with van der Waals surface area (Å²) in [7, 11) is 0. The molecule has 0 aromatic heterocycles. The standard InChI is InChI=1S/C48H93NO5/c1-3-5-7-9-11-13-15-16-17-18-22-26-30-34-38-42-48(53)54-43-39-35-31-27-23-20-19-21-25-29-33-37-41-47(52)49-45(44-50)46(51)40-36-32-28-24-14-12-10-8-6-4-2/h36,40,45-46,50-51H,3-35,37-39,41-44H2,1-2H3,(H,49,52)/b40-36+. The first kappa shape index (κ1) is 52.6.